The molecule has 2 N–H and O–H groups in total. The zero-order valence-corrected chi connectivity index (χ0v) is 9.54. The number of anilines is 1. The highest BCUT2D eigenvalue weighted by atomic mass is 35.5. The van der Waals surface area contributed by atoms with E-state index in [1.807, 2.05) is 0 Å². The second kappa shape index (κ2) is 3.94. The molecule has 4 nitrogen and oxygen atoms in total. The number of hydrogen-bond acceptors (Lipinski definition) is 4. The Kier molecular flexibility index (Phi) is 2.80. The van der Waals surface area contributed by atoms with Crippen LogP contribution in [0.4, 0.5) is 5.82 Å². The van der Waals surface area contributed by atoms with E-state index in [4.69, 9.17) is 17.3 Å². The van der Waals surface area contributed by atoms with Crippen molar-refractivity contribution in [2.24, 2.45) is 11.1 Å². The number of nitrogens with two attached hydrogens (primary N) is 1. The second-order valence-electron chi connectivity index (χ2n) is 4.38. The van der Waals surface area contributed by atoms with E-state index in [1.165, 1.54) is 6.33 Å². The molecule has 0 spiro atoms. The summed E-state index contributed by atoms with van der Waals surface area (Å²) in [6.45, 7) is 4.78. The van der Waals surface area contributed by atoms with Gasteiger partial charge >= 0.3 is 0 Å². The lowest BCUT2D eigenvalue weighted by Gasteiger charge is -2.23. The predicted octanol–water partition coefficient (Wildman–Crippen LogP) is 1.31. The third-order valence-corrected chi connectivity index (χ3v) is 3.26. The number of halogens is 1. The van der Waals surface area contributed by atoms with Gasteiger partial charge in [-0.15, -0.1) is 0 Å². The zero-order chi connectivity index (χ0) is 10.9. The van der Waals surface area contributed by atoms with Crippen molar-refractivity contribution in [1.29, 1.82) is 0 Å². The van der Waals surface area contributed by atoms with Crippen LogP contribution < -0.4 is 10.6 Å². The van der Waals surface area contributed by atoms with Gasteiger partial charge in [0.1, 0.15) is 11.3 Å². The lowest BCUT2D eigenvalue weighted by atomic mass is 9.90. The molecule has 0 aliphatic carbocycles. The molecule has 1 aromatic heterocycles. The SMILES string of the molecule is CC1(CN)CCN(c2ncncc2Cl)C1. The summed E-state index contributed by atoms with van der Waals surface area (Å²) in [6.07, 6.45) is 4.24. The van der Waals surface area contributed by atoms with Gasteiger partial charge in [-0.2, -0.15) is 0 Å². The van der Waals surface area contributed by atoms with Gasteiger partial charge in [-0.25, -0.2) is 9.97 Å². The molecular weight excluding hydrogens is 212 g/mol. The zero-order valence-electron chi connectivity index (χ0n) is 8.78. The van der Waals surface area contributed by atoms with Crippen molar-refractivity contribution in [3.8, 4) is 0 Å². The Morgan fingerprint density at radius 3 is 3.07 bits per heavy atom. The van der Waals surface area contributed by atoms with E-state index in [2.05, 4.69) is 21.8 Å². The number of aromatic nitrogens is 2. The maximum absolute atomic E-state index is 6.04. The van der Waals surface area contributed by atoms with Crippen molar-refractivity contribution < 1.29 is 0 Å². The van der Waals surface area contributed by atoms with Crippen LogP contribution in [-0.4, -0.2) is 29.6 Å². The molecule has 1 atom stereocenters. The van der Waals surface area contributed by atoms with Crippen molar-refractivity contribution in [3.63, 3.8) is 0 Å². The van der Waals surface area contributed by atoms with Crippen molar-refractivity contribution in [3.05, 3.63) is 17.5 Å². The van der Waals surface area contributed by atoms with E-state index in [0.29, 0.717) is 11.6 Å². The maximum atomic E-state index is 6.04. The summed E-state index contributed by atoms with van der Waals surface area (Å²) in [5.74, 6) is 0.823. The molecule has 1 aromatic rings. The molecule has 82 valence electrons. The molecule has 1 saturated heterocycles. The van der Waals surface area contributed by atoms with E-state index in [1.54, 1.807) is 6.20 Å². The van der Waals surface area contributed by atoms with Gasteiger partial charge < -0.3 is 10.6 Å². The smallest absolute Gasteiger partial charge is 0.150 e. The Labute approximate surface area is 94.5 Å². The van der Waals surface area contributed by atoms with E-state index < -0.39 is 0 Å². The van der Waals surface area contributed by atoms with Gasteiger partial charge in [0.2, 0.25) is 0 Å². The third-order valence-electron chi connectivity index (χ3n) is 3.00. The molecular formula is C10H15ClN4. The fourth-order valence-corrected chi connectivity index (χ4v) is 2.13. The Balaban J connectivity index is 2.18. The Morgan fingerprint density at radius 1 is 1.67 bits per heavy atom. The van der Waals surface area contributed by atoms with Crippen LogP contribution in [0.5, 0.6) is 0 Å². The minimum Gasteiger partial charge on any atom is -0.355 e. The average Bonchev–Trinajstić information content (AvgIpc) is 2.63. The molecule has 1 aliphatic heterocycles. The van der Waals surface area contributed by atoms with Gasteiger partial charge in [-0.05, 0) is 18.4 Å². The van der Waals surface area contributed by atoms with E-state index >= 15 is 0 Å². The summed E-state index contributed by atoms with van der Waals surface area (Å²) < 4.78 is 0. The van der Waals surface area contributed by atoms with Crippen molar-refractivity contribution in [2.45, 2.75) is 13.3 Å². The first-order chi connectivity index (χ1) is 7.14. The molecule has 5 heteroatoms. The topological polar surface area (TPSA) is 55.0 Å². The van der Waals surface area contributed by atoms with Crippen LogP contribution in [0.3, 0.4) is 0 Å². The first kappa shape index (κ1) is 10.6. The molecule has 1 unspecified atom stereocenters. The highest BCUT2D eigenvalue weighted by molar-refractivity contribution is 6.32. The summed E-state index contributed by atoms with van der Waals surface area (Å²) in [5, 5.41) is 0.610. The van der Waals surface area contributed by atoms with Crippen molar-refractivity contribution in [1.82, 2.24) is 9.97 Å². The second-order valence-corrected chi connectivity index (χ2v) is 4.79. The lowest BCUT2D eigenvalue weighted by molar-refractivity contribution is 0.383. The summed E-state index contributed by atoms with van der Waals surface area (Å²) in [5.41, 5.74) is 5.94. The quantitative estimate of drug-likeness (QED) is 0.826. The highest BCUT2D eigenvalue weighted by Crippen LogP contribution is 2.33. The largest absolute Gasteiger partial charge is 0.355 e. The monoisotopic (exact) mass is 226 g/mol. The molecule has 2 rings (SSSR count). The van der Waals surface area contributed by atoms with Crippen molar-refractivity contribution in [2.75, 3.05) is 24.5 Å². The van der Waals surface area contributed by atoms with Gasteiger partial charge in [0.15, 0.2) is 5.82 Å². The van der Waals surface area contributed by atoms with Crippen LogP contribution in [-0.2, 0) is 0 Å². The van der Waals surface area contributed by atoms with Crippen LogP contribution >= 0.6 is 11.6 Å². The van der Waals surface area contributed by atoms with Crippen LogP contribution in [0.15, 0.2) is 12.5 Å². The lowest BCUT2D eigenvalue weighted by Crippen LogP contribution is -2.31. The number of hydrogen-bond donors (Lipinski definition) is 1. The third kappa shape index (κ3) is 2.06. The van der Waals surface area contributed by atoms with Crippen LogP contribution in [0.25, 0.3) is 0 Å². The van der Waals surface area contributed by atoms with Gasteiger partial charge in [0, 0.05) is 13.1 Å². The number of rotatable bonds is 2. The Hall–Kier alpha value is -0.870. The van der Waals surface area contributed by atoms with Crippen molar-refractivity contribution >= 4 is 17.4 Å². The fourth-order valence-electron chi connectivity index (χ4n) is 1.91. The first-order valence-corrected chi connectivity index (χ1v) is 5.43. The molecule has 0 bridgehead atoms. The molecule has 0 saturated carbocycles. The molecule has 1 fully saturated rings. The van der Waals surface area contributed by atoms with Gasteiger partial charge in [-0.3, -0.25) is 0 Å². The maximum Gasteiger partial charge on any atom is 0.150 e. The molecule has 0 amide bonds. The Bertz CT molecular complexity index is 357. The van der Waals surface area contributed by atoms with E-state index in [9.17, 15) is 0 Å². The van der Waals surface area contributed by atoms with Gasteiger partial charge in [-0.1, -0.05) is 18.5 Å². The molecule has 15 heavy (non-hydrogen) atoms. The molecule has 1 aliphatic rings. The molecule has 0 aromatic carbocycles. The minimum absolute atomic E-state index is 0.189. The Morgan fingerprint density at radius 2 is 2.47 bits per heavy atom. The van der Waals surface area contributed by atoms with E-state index in [-0.39, 0.29) is 5.41 Å². The summed E-state index contributed by atoms with van der Waals surface area (Å²) in [6, 6.07) is 0. The number of nitrogens with zero attached hydrogens (tertiary/aromatic N) is 3. The first-order valence-electron chi connectivity index (χ1n) is 5.05. The minimum atomic E-state index is 0.189. The fraction of sp³-hybridized carbons (Fsp3) is 0.600. The molecule has 0 radical (unpaired) electrons. The summed E-state index contributed by atoms with van der Waals surface area (Å²) in [4.78, 5) is 10.3. The highest BCUT2D eigenvalue weighted by Gasteiger charge is 2.33. The normalized spacial score (nSPS) is 25.9. The average molecular weight is 227 g/mol. The van der Waals surface area contributed by atoms with Gasteiger partial charge in [0.05, 0.1) is 6.20 Å². The summed E-state index contributed by atoms with van der Waals surface area (Å²) >= 11 is 6.04. The predicted molar refractivity (Wildman–Crippen MR) is 61.0 cm³/mol. The van der Waals surface area contributed by atoms with Gasteiger partial charge in [0.25, 0.3) is 0 Å². The molecule has 2 heterocycles. The van der Waals surface area contributed by atoms with E-state index in [0.717, 1.165) is 25.3 Å². The van der Waals surface area contributed by atoms with Crippen LogP contribution in [0.2, 0.25) is 5.02 Å². The van der Waals surface area contributed by atoms with Crippen LogP contribution in [0, 0.1) is 5.41 Å². The summed E-state index contributed by atoms with van der Waals surface area (Å²) in [7, 11) is 0. The standard InChI is InChI=1S/C10H15ClN4/c1-10(5-12)2-3-15(6-10)9-8(11)4-13-7-14-9/h4,7H,2-3,5-6,12H2,1H3. The van der Waals surface area contributed by atoms with Crippen LogP contribution in [0.1, 0.15) is 13.3 Å².